The molecule has 0 saturated carbocycles. The Hall–Kier alpha value is -2.49. The number of aryl methyl sites for hydroxylation is 1. The molecular formula is C17H15ClN4O3S2. The number of aromatic nitrogens is 2. The molecule has 1 aromatic heterocycles. The van der Waals surface area contributed by atoms with Crippen molar-refractivity contribution in [2.24, 2.45) is 0 Å². The molecule has 0 atom stereocenters. The molecule has 27 heavy (non-hydrogen) atoms. The molecule has 1 amide bonds. The lowest BCUT2D eigenvalue weighted by atomic mass is 10.1. The Morgan fingerprint density at radius 3 is 2.59 bits per heavy atom. The predicted octanol–water partition coefficient (Wildman–Crippen LogP) is 3.86. The van der Waals surface area contributed by atoms with Gasteiger partial charge in [0.1, 0.15) is 0 Å². The molecule has 3 aromatic rings. The SMILES string of the molecule is Cc1cccc(C(=O)Nc2nnc(S(=O)(=O)Nc3cccc(Cl)c3C)s2)c1. The van der Waals surface area contributed by atoms with E-state index in [4.69, 9.17) is 11.6 Å². The number of amides is 1. The molecule has 3 rings (SSSR count). The van der Waals surface area contributed by atoms with Crippen LogP contribution in [0.4, 0.5) is 10.8 Å². The normalized spacial score (nSPS) is 11.2. The Morgan fingerprint density at radius 1 is 1.11 bits per heavy atom. The zero-order chi connectivity index (χ0) is 19.6. The van der Waals surface area contributed by atoms with Gasteiger partial charge in [0.15, 0.2) is 0 Å². The van der Waals surface area contributed by atoms with E-state index in [9.17, 15) is 13.2 Å². The molecule has 0 bridgehead atoms. The number of hydrogen-bond donors (Lipinski definition) is 2. The topological polar surface area (TPSA) is 101 Å². The molecule has 1 heterocycles. The summed E-state index contributed by atoms with van der Waals surface area (Å²) in [6, 6.07) is 11.9. The molecule has 0 unspecified atom stereocenters. The van der Waals surface area contributed by atoms with Crippen molar-refractivity contribution >= 4 is 49.7 Å². The Balaban J connectivity index is 1.78. The van der Waals surface area contributed by atoms with Crippen LogP contribution in [-0.4, -0.2) is 24.5 Å². The van der Waals surface area contributed by atoms with Crippen molar-refractivity contribution in [3.63, 3.8) is 0 Å². The van der Waals surface area contributed by atoms with E-state index < -0.39 is 15.9 Å². The highest BCUT2D eigenvalue weighted by molar-refractivity contribution is 7.94. The van der Waals surface area contributed by atoms with Gasteiger partial charge in [-0.3, -0.25) is 14.8 Å². The van der Waals surface area contributed by atoms with Crippen LogP contribution in [-0.2, 0) is 10.0 Å². The molecule has 0 spiro atoms. The molecule has 0 aliphatic heterocycles. The summed E-state index contributed by atoms with van der Waals surface area (Å²) in [6.07, 6.45) is 0. The van der Waals surface area contributed by atoms with Crippen LogP contribution < -0.4 is 10.0 Å². The van der Waals surface area contributed by atoms with E-state index in [1.807, 2.05) is 13.0 Å². The van der Waals surface area contributed by atoms with Gasteiger partial charge in [0.2, 0.25) is 5.13 Å². The van der Waals surface area contributed by atoms with Crippen LogP contribution in [0, 0.1) is 13.8 Å². The first kappa shape index (κ1) is 19.3. The summed E-state index contributed by atoms with van der Waals surface area (Å²) >= 11 is 6.77. The van der Waals surface area contributed by atoms with E-state index in [1.165, 1.54) is 0 Å². The van der Waals surface area contributed by atoms with Crippen molar-refractivity contribution < 1.29 is 13.2 Å². The molecule has 7 nitrogen and oxygen atoms in total. The Kier molecular flexibility index (Phi) is 5.45. The highest BCUT2D eigenvalue weighted by Gasteiger charge is 2.22. The smallest absolute Gasteiger partial charge is 0.291 e. The number of halogens is 1. The summed E-state index contributed by atoms with van der Waals surface area (Å²) in [5, 5.41) is 10.5. The standard InChI is InChI=1S/C17H15ClN4O3S2/c1-10-5-3-6-12(9-10)15(23)19-16-20-21-17(26-16)27(24,25)22-14-8-4-7-13(18)11(14)2/h3-9,22H,1-2H3,(H,19,20,23). The van der Waals surface area contributed by atoms with E-state index in [0.29, 0.717) is 21.8 Å². The van der Waals surface area contributed by atoms with Crippen LogP contribution in [0.15, 0.2) is 46.8 Å². The molecule has 2 N–H and O–H groups in total. The van der Waals surface area contributed by atoms with Crippen molar-refractivity contribution in [2.75, 3.05) is 10.0 Å². The van der Waals surface area contributed by atoms with Crippen LogP contribution in [0.2, 0.25) is 5.02 Å². The summed E-state index contributed by atoms with van der Waals surface area (Å²) in [4.78, 5) is 12.2. The largest absolute Gasteiger partial charge is 0.296 e. The number of nitrogens with zero attached hydrogens (tertiary/aromatic N) is 2. The molecular weight excluding hydrogens is 408 g/mol. The number of sulfonamides is 1. The molecule has 140 valence electrons. The lowest BCUT2D eigenvalue weighted by molar-refractivity contribution is 0.102. The number of hydrogen-bond acceptors (Lipinski definition) is 6. The third-order valence-electron chi connectivity index (χ3n) is 3.65. The van der Waals surface area contributed by atoms with Crippen molar-refractivity contribution in [3.8, 4) is 0 Å². The van der Waals surface area contributed by atoms with E-state index in [-0.39, 0.29) is 9.47 Å². The van der Waals surface area contributed by atoms with E-state index >= 15 is 0 Å². The van der Waals surface area contributed by atoms with Gasteiger partial charge in [0.25, 0.3) is 20.3 Å². The van der Waals surface area contributed by atoms with Crippen molar-refractivity contribution in [1.29, 1.82) is 0 Å². The maximum absolute atomic E-state index is 12.5. The highest BCUT2D eigenvalue weighted by atomic mass is 35.5. The minimum atomic E-state index is -3.95. The summed E-state index contributed by atoms with van der Waals surface area (Å²) in [5.74, 6) is -0.391. The minimum Gasteiger partial charge on any atom is -0.296 e. The van der Waals surface area contributed by atoms with Gasteiger partial charge in [-0.05, 0) is 43.7 Å². The minimum absolute atomic E-state index is 0.0877. The number of benzene rings is 2. The maximum atomic E-state index is 12.5. The third kappa shape index (κ3) is 4.44. The first-order valence-corrected chi connectivity index (χ1v) is 10.4. The second kappa shape index (κ2) is 7.63. The van der Waals surface area contributed by atoms with Gasteiger partial charge in [-0.15, -0.1) is 10.2 Å². The van der Waals surface area contributed by atoms with Gasteiger partial charge in [-0.25, -0.2) is 0 Å². The second-order valence-corrected chi connectivity index (χ2v) is 8.96. The second-order valence-electron chi connectivity index (χ2n) is 5.71. The number of anilines is 2. The monoisotopic (exact) mass is 422 g/mol. The fourth-order valence-electron chi connectivity index (χ4n) is 2.23. The fourth-order valence-corrected chi connectivity index (χ4v) is 4.42. The Bertz CT molecular complexity index is 1110. The summed E-state index contributed by atoms with van der Waals surface area (Å²) < 4.78 is 27.2. The quantitative estimate of drug-likeness (QED) is 0.608. The van der Waals surface area contributed by atoms with Crippen LogP contribution in [0.25, 0.3) is 0 Å². The lowest BCUT2D eigenvalue weighted by Crippen LogP contribution is -2.13. The van der Waals surface area contributed by atoms with Gasteiger partial charge in [0, 0.05) is 10.6 Å². The predicted molar refractivity (Wildman–Crippen MR) is 106 cm³/mol. The van der Waals surface area contributed by atoms with E-state index in [2.05, 4.69) is 20.2 Å². The lowest BCUT2D eigenvalue weighted by Gasteiger charge is -2.09. The van der Waals surface area contributed by atoms with E-state index in [1.54, 1.807) is 43.3 Å². The zero-order valence-electron chi connectivity index (χ0n) is 14.4. The number of rotatable bonds is 5. The maximum Gasteiger partial charge on any atom is 0.291 e. The zero-order valence-corrected chi connectivity index (χ0v) is 16.7. The highest BCUT2D eigenvalue weighted by Crippen LogP contribution is 2.27. The molecule has 10 heteroatoms. The molecule has 0 saturated heterocycles. The molecule has 0 radical (unpaired) electrons. The van der Waals surface area contributed by atoms with Crippen LogP contribution in [0.3, 0.4) is 0 Å². The summed E-state index contributed by atoms with van der Waals surface area (Å²) in [6.45, 7) is 3.57. The molecule has 2 aromatic carbocycles. The van der Waals surface area contributed by atoms with Crippen LogP contribution in [0.1, 0.15) is 21.5 Å². The van der Waals surface area contributed by atoms with Gasteiger partial charge < -0.3 is 0 Å². The van der Waals surface area contributed by atoms with E-state index in [0.717, 1.165) is 16.9 Å². The van der Waals surface area contributed by atoms with Gasteiger partial charge in [-0.2, -0.15) is 8.42 Å². The van der Waals surface area contributed by atoms with Crippen molar-refractivity contribution in [1.82, 2.24) is 10.2 Å². The number of nitrogens with one attached hydrogen (secondary N) is 2. The molecule has 0 aliphatic rings. The first-order chi connectivity index (χ1) is 12.8. The van der Waals surface area contributed by atoms with Crippen LogP contribution >= 0.6 is 22.9 Å². The first-order valence-electron chi connectivity index (χ1n) is 7.76. The van der Waals surface area contributed by atoms with Crippen LogP contribution in [0.5, 0.6) is 0 Å². The molecule has 0 fully saturated rings. The Morgan fingerprint density at radius 2 is 1.85 bits per heavy atom. The molecule has 0 aliphatic carbocycles. The number of carbonyl (C=O) groups is 1. The fraction of sp³-hybridized carbons (Fsp3) is 0.118. The van der Waals surface area contributed by atoms with Gasteiger partial charge in [0.05, 0.1) is 5.69 Å². The van der Waals surface area contributed by atoms with Gasteiger partial charge >= 0.3 is 0 Å². The summed E-state index contributed by atoms with van der Waals surface area (Å²) in [5.41, 5.74) is 2.33. The van der Waals surface area contributed by atoms with Crippen molar-refractivity contribution in [3.05, 3.63) is 64.2 Å². The average Bonchev–Trinajstić information content (AvgIpc) is 3.08. The number of carbonyl (C=O) groups excluding carboxylic acids is 1. The van der Waals surface area contributed by atoms with Crippen molar-refractivity contribution in [2.45, 2.75) is 18.2 Å². The summed E-state index contributed by atoms with van der Waals surface area (Å²) in [7, 11) is -3.95. The Labute approximate surface area is 165 Å². The van der Waals surface area contributed by atoms with Gasteiger partial charge in [-0.1, -0.05) is 46.7 Å². The average molecular weight is 423 g/mol. The third-order valence-corrected chi connectivity index (χ3v) is 6.63.